The Morgan fingerprint density at radius 2 is 1.88 bits per heavy atom. The minimum absolute atomic E-state index is 0. The van der Waals surface area contributed by atoms with Gasteiger partial charge in [-0.15, -0.1) is 12.4 Å². The van der Waals surface area contributed by atoms with Gasteiger partial charge < -0.3 is 15.6 Å². The first kappa shape index (κ1) is 14.2. The van der Waals surface area contributed by atoms with Gasteiger partial charge in [-0.3, -0.25) is 4.79 Å². The molecule has 0 amide bonds. The predicted molar refractivity (Wildman–Crippen MR) is 62.4 cm³/mol. The molecule has 4 N–H and O–H groups in total. The highest BCUT2D eigenvalue weighted by molar-refractivity contribution is 5.92. The molecule has 2 rings (SSSR count). The molecular formula is C10H10ClNO4. The molecule has 0 aliphatic rings. The second-order valence-electron chi connectivity index (χ2n) is 2.90. The summed E-state index contributed by atoms with van der Waals surface area (Å²) in [6.07, 6.45) is 0. The summed E-state index contributed by atoms with van der Waals surface area (Å²) in [5, 5.41) is 9.42. The van der Waals surface area contributed by atoms with Gasteiger partial charge in [0.05, 0.1) is 0 Å². The second-order valence-corrected chi connectivity index (χ2v) is 2.90. The molecule has 0 bridgehead atoms. The van der Waals surface area contributed by atoms with Crippen molar-refractivity contribution in [3.8, 4) is 0 Å². The van der Waals surface area contributed by atoms with Crippen molar-refractivity contribution in [3.05, 3.63) is 46.2 Å². The summed E-state index contributed by atoms with van der Waals surface area (Å²) in [4.78, 5) is 24.4. The molecule has 0 saturated carbocycles. The molecule has 2 aromatic rings. The number of hydrogen-bond acceptors (Lipinski definition) is 2. The number of carboxylic acids is 1. The van der Waals surface area contributed by atoms with E-state index >= 15 is 0 Å². The first-order chi connectivity index (χ1) is 6.68. The van der Waals surface area contributed by atoms with Crippen LogP contribution in [0.4, 0.5) is 0 Å². The van der Waals surface area contributed by atoms with E-state index in [0.29, 0.717) is 10.9 Å². The van der Waals surface area contributed by atoms with Gasteiger partial charge in [0.1, 0.15) is 5.56 Å². The van der Waals surface area contributed by atoms with E-state index in [0.717, 1.165) is 0 Å². The van der Waals surface area contributed by atoms with Crippen LogP contribution in [-0.2, 0) is 0 Å². The van der Waals surface area contributed by atoms with E-state index in [1.54, 1.807) is 24.3 Å². The Labute approximate surface area is 96.4 Å². The maximum absolute atomic E-state index is 11.2. The van der Waals surface area contributed by atoms with Crippen molar-refractivity contribution in [2.75, 3.05) is 0 Å². The van der Waals surface area contributed by atoms with Crippen LogP contribution in [0.1, 0.15) is 10.4 Å². The number of pyridine rings is 1. The van der Waals surface area contributed by atoms with Crippen molar-refractivity contribution in [2.45, 2.75) is 0 Å². The number of para-hydroxylation sites is 1. The van der Waals surface area contributed by atoms with Gasteiger partial charge in [-0.1, -0.05) is 18.2 Å². The van der Waals surface area contributed by atoms with Crippen LogP contribution in [0.3, 0.4) is 0 Å². The number of fused-ring (bicyclic) bond motifs is 1. The third-order valence-corrected chi connectivity index (χ3v) is 1.98. The molecular weight excluding hydrogens is 234 g/mol. The number of rotatable bonds is 1. The molecule has 6 heteroatoms. The summed E-state index contributed by atoms with van der Waals surface area (Å²) in [5.74, 6) is -1.21. The third kappa shape index (κ3) is 2.39. The first-order valence-electron chi connectivity index (χ1n) is 4.04. The van der Waals surface area contributed by atoms with Gasteiger partial charge >= 0.3 is 5.97 Å². The van der Waals surface area contributed by atoms with Crippen LogP contribution >= 0.6 is 12.4 Å². The monoisotopic (exact) mass is 243 g/mol. The summed E-state index contributed by atoms with van der Waals surface area (Å²) in [5.41, 5.74) is -0.164. The average molecular weight is 244 g/mol. The molecule has 0 saturated heterocycles. The van der Waals surface area contributed by atoms with Gasteiger partial charge in [0.2, 0.25) is 0 Å². The number of nitrogens with one attached hydrogen (secondary N) is 1. The summed E-state index contributed by atoms with van der Waals surface area (Å²) in [7, 11) is 0. The number of aromatic amines is 1. The van der Waals surface area contributed by atoms with Crippen LogP contribution in [0.25, 0.3) is 10.9 Å². The van der Waals surface area contributed by atoms with Crippen LogP contribution < -0.4 is 5.56 Å². The van der Waals surface area contributed by atoms with Crippen molar-refractivity contribution < 1.29 is 15.4 Å². The van der Waals surface area contributed by atoms with Crippen molar-refractivity contribution in [2.24, 2.45) is 0 Å². The molecule has 86 valence electrons. The molecule has 1 heterocycles. The van der Waals surface area contributed by atoms with Crippen LogP contribution in [0.5, 0.6) is 0 Å². The van der Waals surface area contributed by atoms with E-state index in [4.69, 9.17) is 5.11 Å². The fraction of sp³-hybridized carbons (Fsp3) is 0. The minimum Gasteiger partial charge on any atom is -0.477 e. The number of benzene rings is 1. The highest BCUT2D eigenvalue weighted by Gasteiger charge is 2.08. The lowest BCUT2D eigenvalue weighted by Gasteiger charge is -1.98. The van der Waals surface area contributed by atoms with Gasteiger partial charge in [0, 0.05) is 5.52 Å². The van der Waals surface area contributed by atoms with E-state index in [-0.39, 0.29) is 23.4 Å². The second kappa shape index (κ2) is 5.29. The van der Waals surface area contributed by atoms with Gasteiger partial charge in [0.25, 0.3) is 5.56 Å². The molecule has 0 radical (unpaired) electrons. The Morgan fingerprint density at radius 1 is 1.25 bits per heavy atom. The number of hydrogen-bond donors (Lipinski definition) is 2. The highest BCUT2D eigenvalue weighted by atomic mass is 35.5. The average Bonchev–Trinajstić information content (AvgIpc) is 2.16. The quantitative estimate of drug-likeness (QED) is 0.775. The number of H-pyrrole nitrogens is 1. The molecule has 5 nitrogen and oxygen atoms in total. The maximum Gasteiger partial charge on any atom is 0.341 e. The SMILES string of the molecule is Cl.O.O=C(O)c1cc2ccccc2[nH]c1=O. The lowest BCUT2D eigenvalue weighted by Crippen LogP contribution is -2.16. The van der Waals surface area contributed by atoms with Crippen molar-refractivity contribution in [1.29, 1.82) is 0 Å². The number of carbonyl (C=O) groups is 1. The van der Waals surface area contributed by atoms with E-state index in [2.05, 4.69) is 4.98 Å². The summed E-state index contributed by atoms with van der Waals surface area (Å²) in [6, 6.07) is 8.40. The van der Waals surface area contributed by atoms with Gasteiger partial charge in [-0.25, -0.2) is 4.79 Å². The lowest BCUT2D eigenvalue weighted by molar-refractivity contribution is 0.0695. The Balaban J connectivity index is 0.00000112. The number of aromatic nitrogens is 1. The van der Waals surface area contributed by atoms with Crippen molar-refractivity contribution in [1.82, 2.24) is 4.98 Å². The topological polar surface area (TPSA) is 102 Å². The van der Waals surface area contributed by atoms with Crippen LogP contribution in [-0.4, -0.2) is 21.5 Å². The maximum atomic E-state index is 11.2. The summed E-state index contributed by atoms with van der Waals surface area (Å²) < 4.78 is 0. The third-order valence-electron chi connectivity index (χ3n) is 1.98. The van der Waals surface area contributed by atoms with Gasteiger partial charge in [-0.2, -0.15) is 0 Å². The van der Waals surface area contributed by atoms with Crippen LogP contribution in [0, 0.1) is 0 Å². The van der Waals surface area contributed by atoms with Crippen molar-refractivity contribution >= 4 is 29.3 Å². The van der Waals surface area contributed by atoms with Crippen LogP contribution in [0.2, 0.25) is 0 Å². The van der Waals surface area contributed by atoms with E-state index in [1.165, 1.54) is 6.07 Å². The summed E-state index contributed by atoms with van der Waals surface area (Å²) in [6.45, 7) is 0. The number of aromatic carboxylic acids is 1. The molecule has 0 unspecified atom stereocenters. The Bertz CT molecular complexity index is 564. The number of halogens is 1. The molecule has 0 fully saturated rings. The Kier molecular flexibility index (Phi) is 4.68. The Hall–Kier alpha value is -1.85. The fourth-order valence-electron chi connectivity index (χ4n) is 1.31. The van der Waals surface area contributed by atoms with E-state index in [9.17, 15) is 9.59 Å². The molecule has 0 spiro atoms. The Morgan fingerprint density at radius 3 is 2.50 bits per heavy atom. The predicted octanol–water partition coefficient (Wildman–Crippen LogP) is 0.823. The summed E-state index contributed by atoms with van der Waals surface area (Å²) >= 11 is 0. The molecule has 0 atom stereocenters. The fourth-order valence-corrected chi connectivity index (χ4v) is 1.31. The number of carboxylic acid groups (broad SMARTS) is 1. The van der Waals surface area contributed by atoms with Crippen molar-refractivity contribution in [3.63, 3.8) is 0 Å². The smallest absolute Gasteiger partial charge is 0.341 e. The molecule has 1 aromatic heterocycles. The molecule has 16 heavy (non-hydrogen) atoms. The van der Waals surface area contributed by atoms with E-state index < -0.39 is 11.5 Å². The zero-order valence-corrected chi connectivity index (χ0v) is 8.88. The minimum atomic E-state index is -1.21. The molecule has 0 aliphatic heterocycles. The zero-order valence-electron chi connectivity index (χ0n) is 8.06. The molecule has 0 aliphatic carbocycles. The van der Waals surface area contributed by atoms with Gasteiger partial charge in [-0.05, 0) is 17.5 Å². The lowest BCUT2D eigenvalue weighted by atomic mass is 10.1. The van der Waals surface area contributed by atoms with Crippen LogP contribution in [0.15, 0.2) is 35.1 Å². The normalized spacial score (nSPS) is 9.00. The standard InChI is InChI=1S/C10H7NO3.ClH.H2O/c12-9-7(10(13)14)5-6-3-1-2-4-8(6)11-9;;/h1-5H,(H,11,12)(H,13,14);1H;1H2. The zero-order chi connectivity index (χ0) is 10.1. The largest absolute Gasteiger partial charge is 0.477 e. The molecule has 1 aromatic carbocycles. The van der Waals surface area contributed by atoms with Gasteiger partial charge in [0.15, 0.2) is 0 Å². The van der Waals surface area contributed by atoms with E-state index in [1.807, 2.05) is 0 Å². The first-order valence-corrected chi connectivity index (χ1v) is 4.04. The highest BCUT2D eigenvalue weighted by Crippen LogP contribution is 2.09.